The van der Waals surface area contributed by atoms with Gasteiger partial charge >= 0.3 is 0 Å². The Morgan fingerprint density at radius 2 is 1.72 bits per heavy atom. The lowest BCUT2D eigenvalue weighted by Crippen LogP contribution is -2.38. The lowest BCUT2D eigenvalue weighted by molar-refractivity contribution is 0.0592. The molecule has 4 rings (SSSR count). The molecule has 2 heteroatoms. The summed E-state index contributed by atoms with van der Waals surface area (Å²) in [7, 11) is 0. The predicted molar refractivity (Wildman–Crippen MR) is 107 cm³/mol. The molecule has 1 heterocycles. The molecule has 0 saturated heterocycles. The number of amides is 1. The molecule has 1 aliphatic carbocycles. The van der Waals surface area contributed by atoms with Crippen LogP contribution in [0.1, 0.15) is 66.6 Å². The topological polar surface area (TPSA) is 20.3 Å². The minimum Gasteiger partial charge on any atom is -0.329 e. The standard InChI is InChI=1S/C21H23NO.C2H4/c1-3-15-13-19-20(18-12-8-7-11-17(15)18)14(2)22(21(19)23)16-9-5-4-6-10-16;1-2/h3,7-8,11-14,16H,1,4-6,9-10H2,2H3;1-2H2. The van der Waals surface area contributed by atoms with Crippen molar-refractivity contribution in [1.29, 1.82) is 0 Å². The molecule has 1 unspecified atom stereocenters. The van der Waals surface area contributed by atoms with E-state index in [0.29, 0.717) is 6.04 Å². The Balaban J connectivity index is 0.000000880. The number of benzene rings is 2. The van der Waals surface area contributed by atoms with E-state index in [1.807, 2.05) is 12.1 Å². The van der Waals surface area contributed by atoms with Gasteiger partial charge in [-0.2, -0.15) is 0 Å². The summed E-state index contributed by atoms with van der Waals surface area (Å²) in [5.41, 5.74) is 3.16. The number of hydrogen-bond donors (Lipinski definition) is 0. The highest BCUT2D eigenvalue weighted by molar-refractivity contribution is 6.07. The maximum atomic E-state index is 13.1. The molecule has 2 aromatic carbocycles. The van der Waals surface area contributed by atoms with Crippen molar-refractivity contribution in [3.63, 3.8) is 0 Å². The van der Waals surface area contributed by atoms with E-state index >= 15 is 0 Å². The lowest BCUT2D eigenvalue weighted by Gasteiger charge is -2.34. The van der Waals surface area contributed by atoms with Crippen LogP contribution in [-0.2, 0) is 0 Å². The fraction of sp³-hybridized carbons (Fsp3) is 0.348. The van der Waals surface area contributed by atoms with E-state index in [0.717, 1.165) is 24.0 Å². The van der Waals surface area contributed by atoms with Gasteiger partial charge in [0.1, 0.15) is 0 Å². The molecule has 0 spiro atoms. The van der Waals surface area contributed by atoms with E-state index in [2.05, 4.69) is 55.8 Å². The smallest absolute Gasteiger partial charge is 0.255 e. The second-order valence-electron chi connectivity index (χ2n) is 6.86. The summed E-state index contributed by atoms with van der Waals surface area (Å²) in [6.07, 6.45) is 7.96. The quantitative estimate of drug-likeness (QED) is 0.605. The molecule has 1 atom stereocenters. The Hall–Kier alpha value is -2.35. The van der Waals surface area contributed by atoms with E-state index in [9.17, 15) is 4.79 Å². The van der Waals surface area contributed by atoms with Crippen molar-refractivity contribution in [2.45, 2.75) is 51.1 Å². The van der Waals surface area contributed by atoms with Gasteiger partial charge in [0.15, 0.2) is 0 Å². The van der Waals surface area contributed by atoms with Crippen LogP contribution in [0, 0.1) is 0 Å². The third kappa shape index (κ3) is 2.80. The first-order chi connectivity index (χ1) is 12.2. The Labute approximate surface area is 150 Å². The average molecular weight is 333 g/mol. The van der Waals surface area contributed by atoms with Crippen LogP contribution in [-0.4, -0.2) is 16.8 Å². The van der Waals surface area contributed by atoms with Crippen molar-refractivity contribution in [3.05, 3.63) is 66.8 Å². The molecule has 0 aromatic heterocycles. The molecule has 1 amide bonds. The van der Waals surface area contributed by atoms with Gasteiger partial charge in [0.2, 0.25) is 0 Å². The summed E-state index contributed by atoms with van der Waals surface area (Å²) >= 11 is 0. The summed E-state index contributed by atoms with van der Waals surface area (Å²) in [5, 5.41) is 2.41. The zero-order valence-electron chi connectivity index (χ0n) is 15.1. The Bertz CT molecular complexity index is 801. The van der Waals surface area contributed by atoms with Gasteiger partial charge in [-0.25, -0.2) is 0 Å². The molecule has 0 bridgehead atoms. The van der Waals surface area contributed by atoms with Crippen molar-refractivity contribution in [3.8, 4) is 0 Å². The molecular weight excluding hydrogens is 306 g/mol. The minimum absolute atomic E-state index is 0.171. The van der Waals surface area contributed by atoms with Gasteiger partial charge in [-0.05, 0) is 47.7 Å². The van der Waals surface area contributed by atoms with Crippen LogP contribution in [0.25, 0.3) is 16.8 Å². The van der Waals surface area contributed by atoms with Gasteiger partial charge in [-0.15, -0.1) is 13.2 Å². The summed E-state index contributed by atoms with van der Waals surface area (Å²) in [6.45, 7) is 12.1. The summed E-state index contributed by atoms with van der Waals surface area (Å²) in [6, 6.07) is 11.0. The normalized spacial score (nSPS) is 20.1. The number of rotatable bonds is 2. The van der Waals surface area contributed by atoms with Crippen LogP contribution < -0.4 is 0 Å². The largest absolute Gasteiger partial charge is 0.329 e. The van der Waals surface area contributed by atoms with Gasteiger partial charge in [-0.3, -0.25) is 4.79 Å². The van der Waals surface area contributed by atoms with Crippen molar-refractivity contribution in [2.75, 3.05) is 0 Å². The fourth-order valence-corrected chi connectivity index (χ4v) is 4.52. The van der Waals surface area contributed by atoms with Gasteiger partial charge in [0.05, 0.1) is 6.04 Å². The first-order valence-electron chi connectivity index (χ1n) is 9.23. The number of carbonyl (C=O) groups excluding carboxylic acids is 1. The van der Waals surface area contributed by atoms with E-state index in [-0.39, 0.29) is 11.9 Å². The second kappa shape index (κ2) is 7.26. The molecule has 1 saturated carbocycles. The zero-order chi connectivity index (χ0) is 18.0. The van der Waals surface area contributed by atoms with Crippen molar-refractivity contribution in [2.24, 2.45) is 0 Å². The maximum Gasteiger partial charge on any atom is 0.255 e. The molecular formula is C23H27NO. The van der Waals surface area contributed by atoms with Gasteiger partial charge in [0, 0.05) is 11.6 Å². The third-order valence-corrected chi connectivity index (χ3v) is 5.61. The third-order valence-electron chi connectivity index (χ3n) is 5.61. The highest BCUT2D eigenvalue weighted by atomic mass is 16.2. The van der Waals surface area contributed by atoms with Crippen LogP contribution in [0.4, 0.5) is 0 Å². The van der Waals surface area contributed by atoms with Crippen LogP contribution >= 0.6 is 0 Å². The Morgan fingerprint density at radius 1 is 1.08 bits per heavy atom. The van der Waals surface area contributed by atoms with Crippen molar-refractivity contribution in [1.82, 2.24) is 4.90 Å². The Kier molecular flexibility index (Phi) is 5.08. The highest BCUT2D eigenvalue weighted by Crippen LogP contribution is 2.43. The molecule has 0 N–H and O–H groups in total. The van der Waals surface area contributed by atoms with Crippen LogP contribution in [0.2, 0.25) is 0 Å². The minimum atomic E-state index is 0.171. The fourth-order valence-electron chi connectivity index (χ4n) is 4.52. The summed E-state index contributed by atoms with van der Waals surface area (Å²) < 4.78 is 0. The zero-order valence-corrected chi connectivity index (χ0v) is 15.1. The predicted octanol–water partition coefficient (Wildman–Crippen LogP) is 6.13. The molecule has 2 aliphatic rings. The maximum absolute atomic E-state index is 13.1. The Morgan fingerprint density at radius 3 is 2.36 bits per heavy atom. The number of hydrogen-bond acceptors (Lipinski definition) is 1. The first-order valence-corrected chi connectivity index (χ1v) is 9.23. The van der Waals surface area contributed by atoms with Crippen LogP contribution in [0.15, 0.2) is 50.1 Å². The monoisotopic (exact) mass is 333 g/mol. The molecule has 1 fully saturated rings. The molecule has 1 aliphatic heterocycles. The average Bonchev–Trinajstić information content (AvgIpc) is 2.94. The van der Waals surface area contributed by atoms with Gasteiger partial charge in [-0.1, -0.05) is 56.2 Å². The summed E-state index contributed by atoms with van der Waals surface area (Å²) in [5.74, 6) is 0.216. The van der Waals surface area contributed by atoms with Gasteiger partial charge in [0.25, 0.3) is 5.91 Å². The van der Waals surface area contributed by atoms with Crippen molar-refractivity contribution >= 4 is 22.8 Å². The molecule has 25 heavy (non-hydrogen) atoms. The molecule has 2 nitrogen and oxygen atoms in total. The number of nitrogens with zero attached hydrogens (tertiary/aromatic N) is 1. The highest BCUT2D eigenvalue weighted by Gasteiger charge is 2.39. The number of fused-ring (bicyclic) bond motifs is 3. The SMILES string of the molecule is C=C.C=Cc1cc2c(c3ccccc13)C(C)N(C1CCCCC1)C2=O. The van der Waals surface area contributed by atoms with Gasteiger partial charge < -0.3 is 4.90 Å². The van der Waals surface area contributed by atoms with E-state index in [1.54, 1.807) is 0 Å². The number of carbonyl (C=O) groups is 1. The first kappa shape index (κ1) is 17.5. The summed E-state index contributed by atoms with van der Waals surface area (Å²) in [4.78, 5) is 15.3. The molecule has 130 valence electrons. The molecule has 2 aromatic rings. The van der Waals surface area contributed by atoms with E-state index in [4.69, 9.17) is 0 Å². The van der Waals surface area contributed by atoms with E-state index in [1.165, 1.54) is 35.6 Å². The van der Waals surface area contributed by atoms with Crippen molar-refractivity contribution < 1.29 is 4.79 Å². The van der Waals surface area contributed by atoms with Crippen LogP contribution in [0.5, 0.6) is 0 Å². The molecule has 0 radical (unpaired) electrons. The second-order valence-corrected chi connectivity index (χ2v) is 6.86. The van der Waals surface area contributed by atoms with Crippen LogP contribution in [0.3, 0.4) is 0 Å². The van der Waals surface area contributed by atoms with E-state index < -0.39 is 0 Å². The lowest BCUT2D eigenvalue weighted by atomic mass is 9.92.